The van der Waals surface area contributed by atoms with Crippen molar-refractivity contribution in [2.45, 2.75) is 26.8 Å². The predicted octanol–water partition coefficient (Wildman–Crippen LogP) is 4.01. The van der Waals surface area contributed by atoms with Gasteiger partial charge in [-0.15, -0.1) is 11.3 Å². The predicted molar refractivity (Wildman–Crippen MR) is 108 cm³/mol. The number of aryl methyl sites for hydroxylation is 2. The number of benzene rings is 1. The average Bonchev–Trinajstić information content (AvgIpc) is 3.40. The number of hydrogen-bond acceptors (Lipinski definition) is 5. The smallest absolute Gasteiger partial charge is 0.231 e. The highest BCUT2D eigenvalue weighted by Crippen LogP contribution is 2.28. The second kappa shape index (κ2) is 7.59. The number of carbonyl (C=O) groups excluding carboxylic acids is 2. The number of aromatic nitrogens is 1. The maximum absolute atomic E-state index is 12.6. The minimum Gasteiger partial charge on any atom is -0.467 e. The Kier molecular flexibility index (Phi) is 5.00. The fourth-order valence-electron chi connectivity index (χ4n) is 3.26. The van der Waals surface area contributed by atoms with Crippen molar-refractivity contribution in [3.05, 3.63) is 58.9 Å². The maximum Gasteiger partial charge on any atom is 0.231 e. The van der Waals surface area contributed by atoms with Gasteiger partial charge in [0.15, 0.2) is 5.13 Å². The molecule has 1 saturated heterocycles. The molecule has 1 aliphatic rings. The largest absolute Gasteiger partial charge is 0.467 e. The molecule has 2 amide bonds. The second-order valence-electron chi connectivity index (χ2n) is 7.08. The molecule has 2 aromatic heterocycles. The Bertz CT molecular complexity index is 1010. The van der Waals surface area contributed by atoms with E-state index in [1.165, 1.54) is 22.5 Å². The van der Waals surface area contributed by atoms with Crippen LogP contribution in [0, 0.1) is 19.8 Å². The molecule has 1 aromatic carbocycles. The topological polar surface area (TPSA) is 75.4 Å². The van der Waals surface area contributed by atoms with Gasteiger partial charge >= 0.3 is 0 Å². The number of rotatable bonds is 5. The molecule has 6 nitrogen and oxygen atoms in total. The van der Waals surface area contributed by atoms with Gasteiger partial charge in [-0.1, -0.05) is 12.1 Å². The lowest BCUT2D eigenvalue weighted by molar-refractivity contribution is -0.128. The summed E-state index contributed by atoms with van der Waals surface area (Å²) >= 11 is 1.39. The van der Waals surface area contributed by atoms with Gasteiger partial charge in [-0.05, 0) is 43.2 Å². The van der Waals surface area contributed by atoms with Gasteiger partial charge < -0.3 is 14.6 Å². The molecule has 0 spiro atoms. The lowest BCUT2D eigenvalue weighted by Crippen LogP contribution is -2.27. The molecule has 4 rings (SSSR count). The molecule has 0 aliphatic carbocycles. The van der Waals surface area contributed by atoms with Crippen molar-refractivity contribution >= 4 is 28.3 Å². The van der Waals surface area contributed by atoms with Gasteiger partial charge in [0.1, 0.15) is 5.76 Å². The van der Waals surface area contributed by atoms with Crippen LogP contribution in [0.1, 0.15) is 23.3 Å². The molecule has 1 fully saturated rings. The van der Waals surface area contributed by atoms with Crippen LogP contribution in [0.2, 0.25) is 0 Å². The zero-order chi connectivity index (χ0) is 19.7. The molecule has 144 valence electrons. The Morgan fingerprint density at radius 1 is 1.32 bits per heavy atom. The molecule has 0 radical (unpaired) electrons. The third-order valence-corrected chi connectivity index (χ3v) is 5.81. The number of carbonyl (C=O) groups is 2. The van der Waals surface area contributed by atoms with Crippen LogP contribution in [0.5, 0.6) is 0 Å². The van der Waals surface area contributed by atoms with Gasteiger partial charge in [-0.25, -0.2) is 4.98 Å². The van der Waals surface area contributed by atoms with Crippen LogP contribution in [0.3, 0.4) is 0 Å². The van der Waals surface area contributed by atoms with Crippen molar-refractivity contribution < 1.29 is 14.0 Å². The Morgan fingerprint density at radius 2 is 2.18 bits per heavy atom. The summed E-state index contributed by atoms with van der Waals surface area (Å²) < 4.78 is 5.29. The monoisotopic (exact) mass is 395 g/mol. The summed E-state index contributed by atoms with van der Waals surface area (Å²) in [4.78, 5) is 31.0. The quantitative estimate of drug-likeness (QED) is 0.708. The summed E-state index contributed by atoms with van der Waals surface area (Å²) in [5.41, 5.74) is 4.31. The third kappa shape index (κ3) is 3.84. The van der Waals surface area contributed by atoms with Gasteiger partial charge in [0, 0.05) is 23.9 Å². The van der Waals surface area contributed by atoms with E-state index in [-0.39, 0.29) is 24.2 Å². The van der Waals surface area contributed by atoms with Gasteiger partial charge in [0.2, 0.25) is 11.8 Å². The summed E-state index contributed by atoms with van der Waals surface area (Å²) in [6, 6.07) is 9.81. The van der Waals surface area contributed by atoms with Crippen LogP contribution in [-0.4, -0.2) is 28.2 Å². The highest BCUT2D eigenvalue weighted by Gasteiger charge is 2.35. The Labute approximate surface area is 167 Å². The molecule has 1 N–H and O–H groups in total. The van der Waals surface area contributed by atoms with E-state index < -0.39 is 0 Å². The number of hydrogen-bond donors (Lipinski definition) is 1. The number of amides is 2. The normalized spacial score (nSPS) is 16.6. The van der Waals surface area contributed by atoms with E-state index in [2.05, 4.69) is 36.3 Å². The molecular weight excluding hydrogens is 374 g/mol. The fourth-order valence-corrected chi connectivity index (χ4v) is 3.99. The van der Waals surface area contributed by atoms with E-state index in [0.29, 0.717) is 24.0 Å². The van der Waals surface area contributed by atoms with E-state index >= 15 is 0 Å². The highest BCUT2D eigenvalue weighted by atomic mass is 32.1. The van der Waals surface area contributed by atoms with Gasteiger partial charge in [-0.2, -0.15) is 0 Å². The van der Waals surface area contributed by atoms with E-state index in [1.54, 1.807) is 17.2 Å². The molecule has 0 saturated carbocycles. The molecule has 3 heterocycles. The first-order valence-corrected chi connectivity index (χ1v) is 10.0. The van der Waals surface area contributed by atoms with Crippen molar-refractivity contribution in [1.82, 2.24) is 9.88 Å². The van der Waals surface area contributed by atoms with Gasteiger partial charge in [0.25, 0.3) is 0 Å². The Morgan fingerprint density at radius 3 is 2.93 bits per heavy atom. The zero-order valence-corrected chi connectivity index (χ0v) is 16.6. The van der Waals surface area contributed by atoms with E-state index in [4.69, 9.17) is 4.42 Å². The maximum atomic E-state index is 12.6. The highest BCUT2D eigenvalue weighted by molar-refractivity contribution is 7.14. The molecule has 7 heteroatoms. The van der Waals surface area contributed by atoms with Crippen molar-refractivity contribution in [2.24, 2.45) is 5.92 Å². The summed E-state index contributed by atoms with van der Waals surface area (Å²) in [7, 11) is 0. The lowest BCUT2D eigenvalue weighted by Gasteiger charge is -2.14. The van der Waals surface area contributed by atoms with E-state index in [0.717, 1.165) is 11.3 Å². The lowest BCUT2D eigenvalue weighted by atomic mass is 10.1. The molecule has 1 atom stereocenters. The minimum atomic E-state index is -0.378. The summed E-state index contributed by atoms with van der Waals surface area (Å²) in [5, 5.41) is 5.35. The molecule has 28 heavy (non-hydrogen) atoms. The number of likely N-dealkylation sites (tertiary alicyclic amines) is 1. The average molecular weight is 395 g/mol. The van der Waals surface area contributed by atoms with Crippen molar-refractivity contribution in [2.75, 3.05) is 11.9 Å². The standard InChI is InChI=1S/C21H21N3O3S/c1-13-5-6-15(8-14(13)2)18-12-28-21(22-18)23-20(26)16-9-19(25)24(10-16)11-17-4-3-7-27-17/h3-8,12,16H,9-11H2,1-2H3,(H,22,23,26)/t16-/m0/s1. The first-order valence-electron chi connectivity index (χ1n) is 9.14. The summed E-state index contributed by atoms with van der Waals surface area (Å²) in [6.07, 6.45) is 1.79. The van der Waals surface area contributed by atoms with Crippen molar-refractivity contribution in [3.8, 4) is 11.3 Å². The molecule has 1 aliphatic heterocycles. The van der Waals surface area contributed by atoms with Gasteiger partial charge in [0.05, 0.1) is 24.4 Å². The Hall–Kier alpha value is -2.93. The first kappa shape index (κ1) is 18.4. The molecular formula is C21H21N3O3S. The molecule has 3 aromatic rings. The number of anilines is 1. The summed E-state index contributed by atoms with van der Waals surface area (Å²) in [5.74, 6) is 0.131. The third-order valence-electron chi connectivity index (χ3n) is 5.05. The first-order chi connectivity index (χ1) is 13.5. The number of thiazole rings is 1. The fraction of sp³-hybridized carbons (Fsp3) is 0.286. The van der Waals surface area contributed by atoms with E-state index in [9.17, 15) is 9.59 Å². The van der Waals surface area contributed by atoms with Gasteiger partial charge in [-0.3, -0.25) is 9.59 Å². The van der Waals surface area contributed by atoms with Crippen molar-refractivity contribution in [1.29, 1.82) is 0 Å². The SMILES string of the molecule is Cc1ccc(-c2csc(NC(=O)[C@H]3CC(=O)N(Cc4ccco4)C3)n2)cc1C. The number of furan rings is 1. The van der Waals surface area contributed by atoms with E-state index in [1.807, 2.05) is 17.5 Å². The molecule has 0 unspecified atom stereocenters. The summed E-state index contributed by atoms with van der Waals surface area (Å²) in [6.45, 7) is 4.92. The van der Waals surface area contributed by atoms with Crippen molar-refractivity contribution in [3.63, 3.8) is 0 Å². The minimum absolute atomic E-state index is 0.0356. The zero-order valence-electron chi connectivity index (χ0n) is 15.8. The number of nitrogens with zero attached hydrogens (tertiary/aromatic N) is 2. The van der Waals surface area contributed by atoms with Crippen LogP contribution in [0.15, 0.2) is 46.4 Å². The van der Waals surface area contributed by atoms with Crippen LogP contribution < -0.4 is 5.32 Å². The molecule has 0 bridgehead atoms. The van der Waals surface area contributed by atoms with Crippen LogP contribution in [0.25, 0.3) is 11.3 Å². The number of nitrogens with one attached hydrogen (secondary N) is 1. The van der Waals surface area contributed by atoms with Crippen LogP contribution in [-0.2, 0) is 16.1 Å². The Balaban J connectivity index is 1.39. The second-order valence-corrected chi connectivity index (χ2v) is 7.94. The van der Waals surface area contributed by atoms with Crippen LogP contribution >= 0.6 is 11.3 Å². The van der Waals surface area contributed by atoms with Crippen LogP contribution in [0.4, 0.5) is 5.13 Å².